The molecule has 0 aliphatic heterocycles. The van der Waals surface area contributed by atoms with Crippen LogP contribution in [0.15, 0.2) is 24.3 Å². The molecule has 0 radical (unpaired) electrons. The Morgan fingerprint density at radius 3 is 2.15 bits per heavy atom. The first-order valence-electron chi connectivity index (χ1n) is 7.27. The Morgan fingerprint density at radius 2 is 1.65 bits per heavy atom. The van der Waals surface area contributed by atoms with Gasteiger partial charge in [-0.2, -0.15) is 0 Å². The van der Waals surface area contributed by atoms with Crippen LogP contribution in [0.25, 0.3) is 0 Å². The van der Waals surface area contributed by atoms with Crippen molar-refractivity contribution in [2.24, 2.45) is 17.8 Å². The molecule has 20 heavy (non-hydrogen) atoms. The number of hydrogen-bond donors (Lipinski definition) is 2. The second kappa shape index (κ2) is 5.27. The molecule has 4 nitrogen and oxygen atoms in total. The van der Waals surface area contributed by atoms with Crippen LogP contribution in [0.5, 0.6) is 0 Å². The predicted molar refractivity (Wildman–Crippen MR) is 74.7 cm³/mol. The summed E-state index contributed by atoms with van der Waals surface area (Å²) in [6.07, 6.45) is 5.12. The van der Waals surface area contributed by atoms with Crippen LogP contribution < -0.4 is 5.32 Å². The minimum absolute atomic E-state index is 0.0689. The number of carboxylic acids is 1. The topological polar surface area (TPSA) is 66.4 Å². The maximum absolute atomic E-state index is 12.2. The standard InChI is InChI=1S/C16H19NO3/c18-15(12-3-1-2-4-13(12)16(19)20)17-9-14(10-5-6-10)11-7-8-11/h1-4,10-11,14H,5-9H2,(H,17,18)(H,19,20). The van der Waals surface area contributed by atoms with E-state index in [1.807, 2.05) is 0 Å². The van der Waals surface area contributed by atoms with Crippen molar-refractivity contribution >= 4 is 11.9 Å². The van der Waals surface area contributed by atoms with Crippen molar-refractivity contribution < 1.29 is 14.7 Å². The van der Waals surface area contributed by atoms with Crippen LogP contribution in [0.4, 0.5) is 0 Å². The summed E-state index contributed by atoms with van der Waals surface area (Å²) in [5, 5.41) is 12.0. The Morgan fingerprint density at radius 1 is 1.10 bits per heavy atom. The van der Waals surface area contributed by atoms with Gasteiger partial charge in [0.1, 0.15) is 0 Å². The van der Waals surface area contributed by atoms with Crippen LogP contribution in [0.2, 0.25) is 0 Å². The molecule has 0 heterocycles. The number of carbonyl (C=O) groups is 2. The minimum atomic E-state index is -1.06. The lowest BCUT2D eigenvalue weighted by atomic mass is 9.97. The average molecular weight is 273 g/mol. The van der Waals surface area contributed by atoms with Gasteiger partial charge in [0.25, 0.3) is 5.91 Å². The van der Waals surface area contributed by atoms with Gasteiger partial charge < -0.3 is 10.4 Å². The van der Waals surface area contributed by atoms with Crippen LogP contribution in [-0.4, -0.2) is 23.5 Å². The van der Waals surface area contributed by atoms with Gasteiger partial charge in [-0.05, 0) is 55.6 Å². The first-order chi connectivity index (χ1) is 9.66. The van der Waals surface area contributed by atoms with Gasteiger partial charge in [-0.3, -0.25) is 4.79 Å². The molecule has 0 atom stereocenters. The quantitative estimate of drug-likeness (QED) is 0.837. The SMILES string of the molecule is O=C(O)c1ccccc1C(=O)NCC(C1CC1)C1CC1. The van der Waals surface area contributed by atoms with Gasteiger partial charge in [0, 0.05) is 6.54 Å². The molecule has 1 amide bonds. The third-order valence-electron chi connectivity index (χ3n) is 4.36. The maximum atomic E-state index is 12.2. The highest BCUT2D eigenvalue weighted by atomic mass is 16.4. The van der Waals surface area contributed by atoms with Crippen molar-refractivity contribution in [2.75, 3.05) is 6.54 Å². The molecule has 2 N–H and O–H groups in total. The Balaban J connectivity index is 1.65. The van der Waals surface area contributed by atoms with Gasteiger partial charge in [0.05, 0.1) is 11.1 Å². The van der Waals surface area contributed by atoms with E-state index in [1.54, 1.807) is 18.2 Å². The highest BCUT2D eigenvalue weighted by molar-refractivity contribution is 6.04. The average Bonchev–Trinajstić information content (AvgIpc) is 3.31. The highest BCUT2D eigenvalue weighted by Gasteiger charge is 2.41. The zero-order valence-corrected chi connectivity index (χ0v) is 11.3. The molecule has 0 bridgehead atoms. The summed E-state index contributed by atoms with van der Waals surface area (Å²) in [7, 11) is 0. The number of carbonyl (C=O) groups excluding carboxylic acids is 1. The number of carboxylic acid groups (broad SMARTS) is 1. The monoisotopic (exact) mass is 273 g/mol. The molecule has 106 valence electrons. The van der Waals surface area contributed by atoms with Crippen molar-refractivity contribution in [3.8, 4) is 0 Å². The molecule has 1 aromatic rings. The molecule has 3 rings (SSSR count). The van der Waals surface area contributed by atoms with E-state index in [4.69, 9.17) is 5.11 Å². The number of nitrogens with one attached hydrogen (secondary N) is 1. The molecule has 0 spiro atoms. The summed E-state index contributed by atoms with van der Waals surface area (Å²) in [5.41, 5.74) is 0.324. The van der Waals surface area contributed by atoms with Crippen molar-refractivity contribution in [3.63, 3.8) is 0 Å². The summed E-state index contributed by atoms with van der Waals surface area (Å²) < 4.78 is 0. The highest BCUT2D eigenvalue weighted by Crippen LogP contribution is 2.48. The molecular formula is C16H19NO3. The smallest absolute Gasteiger partial charge is 0.336 e. The number of rotatable bonds is 6. The first-order valence-corrected chi connectivity index (χ1v) is 7.27. The largest absolute Gasteiger partial charge is 0.478 e. The third-order valence-corrected chi connectivity index (χ3v) is 4.36. The van der Waals surface area contributed by atoms with Gasteiger partial charge in [-0.25, -0.2) is 4.79 Å². The van der Waals surface area contributed by atoms with E-state index in [0.717, 1.165) is 11.8 Å². The Kier molecular flexibility index (Phi) is 3.47. The summed E-state index contributed by atoms with van der Waals surface area (Å²) in [6.45, 7) is 0.683. The number of hydrogen-bond acceptors (Lipinski definition) is 2. The van der Waals surface area contributed by atoms with Crippen molar-refractivity contribution in [2.45, 2.75) is 25.7 Å². The van der Waals surface area contributed by atoms with Crippen LogP contribution in [0.3, 0.4) is 0 Å². The van der Waals surface area contributed by atoms with Gasteiger partial charge >= 0.3 is 5.97 Å². The van der Waals surface area contributed by atoms with Gasteiger partial charge in [-0.15, -0.1) is 0 Å². The van der Waals surface area contributed by atoms with Crippen molar-refractivity contribution in [3.05, 3.63) is 35.4 Å². The Bertz CT molecular complexity index is 520. The molecule has 2 aliphatic rings. The maximum Gasteiger partial charge on any atom is 0.336 e. The Labute approximate surface area is 118 Å². The van der Waals surface area contributed by atoms with Gasteiger partial charge in [0.2, 0.25) is 0 Å². The zero-order valence-electron chi connectivity index (χ0n) is 11.3. The number of aromatic carboxylic acids is 1. The summed E-state index contributed by atoms with van der Waals surface area (Å²) in [5.74, 6) is 0.817. The third kappa shape index (κ3) is 2.84. The minimum Gasteiger partial charge on any atom is -0.478 e. The molecule has 2 saturated carbocycles. The molecule has 0 saturated heterocycles. The molecule has 2 aliphatic carbocycles. The summed E-state index contributed by atoms with van der Waals surface area (Å²) in [4.78, 5) is 23.3. The van der Waals surface area contributed by atoms with E-state index < -0.39 is 5.97 Å². The molecule has 1 aromatic carbocycles. The van der Waals surface area contributed by atoms with E-state index in [0.29, 0.717) is 12.5 Å². The molecule has 4 heteroatoms. The summed E-state index contributed by atoms with van der Waals surface area (Å²) in [6, 6.07) is 6.37. The van der Waals surface area contributed by atoms with Crippen molar-refractivity contribution in [1.29, 1.82) is 0 Å². The van der Waals surface area contributed by atoms with E-state index in [1.165, 1.54) is 31.7 Å². The molecule has 0 unspecified atom stereocenters. The van der Waals surface area contributed by atoms with Crippen LogP contribution in [-0.2, 0) is 0 Å². The van der Waals surface area contributed by atoms with Crippen LogP contribution in [0, 0.1) is 17.8 Å². The fourth-order valence-electron chi connectivity index (χ4n) is 2.94. The van der Waals surface area contributed by atoms with Crippen LogP contribution >= 0.6 is 0 Å². The van der Waals surface area contributed by atoms with E-state index in [2.05, 4.69) is 5.32 Å². The van der Waals surface area contributed by atoms with E-state index in [-0.39, 0.29) is 17.0 Å². The van der Waals surface area contributed by atoms with E-state index in [9.17, 15) is 9.59 Å². The number of benzene rings is 1. The number of amides is 1. The van der Waals surface area contributed by atoms with Gasteiger partial charge in [-0.1, -0.05) is 12.1 Å². The lowest BCUT2D eigenvalue weighted by molar-refractivity contribution is 0.0690. The fraction of sp³-hybridized carbons (Fsp3) is 0.500. The molecular weight excluding hydrogens is 254 g/mol. The molecule has 2 fully saturated rings. The van der Waals surface area contributed by atoms with Crippen molar-refractivity contribution in [1.82, 2.24) is 5.32 Å². The second-order valence-corrected chi connectivity index (χ2v) is 5.90. The van der Waals surface area contributed by atoms with Gasteiger partial charge in [0.15, 0.2) is 0 Å². The zero-order chi connectivity index (χ0) is 14.1. The Hall–Kier alpha value is -1.84. The lowest BCUT2D eigenvalue weighted by Crippen LogP contribution is -2.32. The first kappa shape index (κ1) is 13.2. The van der Waals surface area contributed by atoms with E-state index >= 15 is 0 Å². The fourth-order valence-corrected chi connectivity index (χ4v) is 2.94. The summed E-state index contributed by atoms with van der Waals surface area (Å²) >= 11 is 0. The molecule has 0 aromatic heterocycles. The predicted octanol–water partition coefficient (Wildman–Crippen LogP) is 2.55. The lowest BCUT2D eigenvalue weighted by Gasteiger charge is -2.16. The normalized spacial score (nSPS) is 18.1. The van der Waals surface area contributed by atoms with Crippen LogP contribution in [0.1, 0.15) is 46.4 Å². The second-order valence-electron chi connectivity index (χ2n) is 5.90.